The number of allylic oxidation sites excluding steroid dienone is 1. The molecule has 0 saturated carbocycles. The summed E-state index contributed by atoms with van der Waals surface area (Å²) in [5.41, 5.74) is -1.15. The molecule has 0 radical (unpaired) electrons. The summed E-state index contributed by atoms with van der Waals surface area (Å²) < 4.78 is 5.02. The third-order valence-electron chi connectivity index (χ3n) is 5.29. The van der Waals surface area contributed by atoms with Crippen LogP contribution in [0.3, 0.4) is 0 Å². The molecule has 0 aromatic heterocycles. The molecule has 7 nitrogen and oxygen atoms in total. The third kappa shape index (κ3) is 9.31. The first-order valence-corrected chi connectivity index (χ1v) is 10.6. The fourth-order valence-electron chi connectivity index (χ4n) is 3.09. The Bertz CT molecular complexity index is 606. The normalized spacial score (nSPS) is 20.3. The zero-order valence-electron chi connectivity index (χ0n) is 19.7. The number of unbranched alkanes of at least 4 members (excludes halogenated alkanes) is 1. The van der Waals surface area contributed by atoms with Crippen molar-refractivity contribution in [2.45, 2.75) is 80.1 Å². The Balaban J connectivity index is 0. The Labute approximate surface area is 203 Å². The smallest absolute Gasteiger partial charge is 0.846 e. The molecule has 30 heavy (non-hydrogen) atoms. The van der Waals surface area contributed by atoms with Crippen molar-refractivity contribution in [1.29, 1.82) is 0 Å². The Morgan fingerprint density at radius 3 is 2.27 bits per heavy atom. The van der Waals surface area contributed by atoms with Crippen LogP contribution < -0.4 is 40.0 Å². The first-order valence-electron chi connectivity index (χ1n) is 10.6. The van der Waals surface area contributed by atoms with E-state index in [9.17, 15) is 19.5 Å². The average Bonchev–Trinajstić information content (AvgIpc) is 2.67. The van der Waals surface area contributed by atoms with Crippen LogP contribution in [0.1, 0.15) is 80.1 Å². The van der Waals surface area contributed by atoms with Gasteiger partial charge in [-0.1, -0.05) is 66.5 Å². The number of amidine groups is 1. The molecule has 0 aromatic carbocycles. The number of ether oxygens (including phenoxy) is 1. The number of carbonyl (C=O) groups is 3. The summed E-state index contributed by atoms with van der Waals surface area (Å²) in [7, 11) is 0. The zero-order chi connectivity index (χ0) is 22.4. The van der Waals surface area contributed by atoms with Crippen LogP contribution in [0.25, 0.3) is 0 Å². The first kappa shape index (κ1) is 31.0. The van der Waals surface area contributed by atoms with Crippen molar-refractivity contribution in [1.82, 2.24) is 5.32 Å². The minimum Gasteiger partial charge on any atom is -0.846 e. The minimum absolute atomic E-state index is 0. The van der Waals surface area contributed by atoms with Crippen molar-refractivity contribution >= 4 is 23.8 Å². The van der Waals surface area contributed by atoms with Gasteiger partial charge in [-0.25, -0.2) is 4.99 Å². The predicted octanol–water partition coefficient (Wildman–Crippen LogP) is 0.128. The van der Waals surface area contributed by atoms with E-state index in [1.54, 1.807) is 6.92 Å². The largest absolute Gasteiger partial charge is 1.00 e. The molecule has 0 bridgehead atoms. The van der Waals surface area contributed by atoms with Crippen LogP contribution in [0.15, 0.2) is 17.1 Å². The van der Waals surface area contributed by atoms with E-state index >= 15 is 0 Å². The van der Waals surface area contributed by atoms with E-state index in [-0.39, 0.29) is 47.4 Å². The van der Waals surface area contributed by atoms with Gasteiger partial charge in [-0.15, -0.1) is 0 Å². The number of esters is 1. The van der Waals surface area contributed by atoms with Crippen LogP contribution >= 0.6 is 0 Å². The molecule has 1 aliphatic heterocycles. The van der Waals surface area contributed by atoms with Crippen molar-refractivity contribution in [2.24, 2.45) is 22.2 Å². The van der Waals surface area contributed by atoms with Crippen molar-refractivity contribution in [3.8, 4) is 0 Å². The van der Waals surface area contributed by atoms with Gasteiger partial charge < -0.3 is 15.2 Å². The Hall–Kier alpha value is -1.18. The molecule has 0 saturated heterocycles. The summed E-state index contributed by atoms with van der Waals surface area (Å²) in [5, 5.41) is 13.1. The molecule has 0 spiro atoms. The monoisotopic (exact) mass is 432 g/mol. The van der Waals surface area contributed by atoms with E-state index in [1.807, 2.05) is 39.8 Å². The van der Waals surface area contributed by atoms with Gasteiger partial charge in [0.15, 0.2) is 0 Å². The van der Waals surface area contributed by atoms with Gasteiger partial charge in [-0.2, -0.15) is 0 Å². The summed E-state index contributed by atoms with van der Waals surface area (Å²) in [6.45, 7) is 12.0. The summed E-state index contributed by atoms with van der Waals surface area (Å²) in [5.74, 6) is -1.26. The summed E-state index contributed by atoms with van der Waals surface area (Å²) in [4.78, 5) is 38.2. The molecule has 2 amide bonds. The van der Waals surface area contributed by atoms with Crippen LogP contribution in [0, 0.1) is 17.3 Å². The van der Waals surface area contributed by atoms with E-state index in [0.29, 0.717) is 13.0 Å². The van der Waals surface area contributed by atoms with Crippen molar-refractivity contribution < 1.29 is 53.8 Å². The Morgan fingerprint density at radius 2 is 1.80 bits per heavy atom. The average molecular weight is 433 g/mol. The standard InChI is InChI=1S/C11H18N2O3.C11H20O2.Na/c1-4-6-7(3)11(5-2)8(14)12-10(16)13-9(11)15;1-4-6-7-8-9-13-11(12)10(3)5-2;/h7H,4-6H2,1-3H3,(H2,12,13,14,15,16);7-8,10H,4-6,9H2,1-3H3;/q;;+1/p-1/b;8-7+;. The van der Waals surface area contributed by atoms with E-state index in [1.165, 1.54) is 0 Å². The molecule has 1 N–H and O–H groups in total. The predicted molar refractivity (Wildman–Crippen MR) is 112 cm³/mol. The molecule has 1 heterocycles. The van der Waals surface area contributed by atoms with Crippen molar-refractivity contribution in [2.75, 3.05) is 6.61 Å². The number of aliphatic imine (C=N–C) groups is 1. The van der Waals surface area contributed by atoms with Crippen LogP contribution in [-0.4, -0.2) is 30.4 Å². The van der Waals surface area contributed by atoms with Gasteiger partial charge in [0, 0.05) is 0 Å². The van der Waals surface area contributed by atoms with Crippen LogP contribution in [0.2, 0.25) is 0 Å². The summed E-state index contributed by atoms with van der Waals surface area (Å²) in [6, 6.07) is -0.845. The maximum absolute atomic E-state index is 11.9. The number of rotatable bonds is 10. The molecule has 3 unspecified atom stereocenters. The SMILES string of the molecule is CCC/C=C/COC(=O)C(C)CC.CCCC(C)C1(CC)C(=O)N=C([O-])NC1=O.[Na+]. The van der Waals surface area contributed by atoms with Crippen LogP contribution in [0.4, 0.5) is 0 Å². The molecular formula is C22H37N2NaO5. The van der Waals surface area contributed by atoms with Crippen LogP contribution in [0.5, 0.6) is 0 Å². The van der Waals surface area contributed by atoms with Gasteiger partial charge in [0.1, 0.15) is 12.0 Å². The number of carbonyl (C=O) groups excluding carboxylic acids is 3. The maximum atomic E-state index is 11.9. The fraction of sp³-hybridized carbons (Fsp3) is 0.727. The second-order valence-electron chi connectivity index (χ2n) is 7.39. The molecule has 3 atom stereocenters. The van der Waals surface area contributed by atoms with Crippen LogP contribution in [-0.2, 0) is 19.1 Å². The topological polar surface area (TPSA) is 108 Å². The third-order valence-corrected chi connectivity index (χ3v) is 5.29. The van der Waals surface area contributed by atoms with E-state index in [4.69, 9.17) is 4.74 Å². The van der Waals surface area contributed by atoms with Gasteiger partial charge in [0.2, 0.25) is 5.91 Å². The second-order valence-corrected chi connectivity index (χ2v) is 7.39. The molecule has 1 aliphatic rings. The van der Waals surface area contributed by atoms with E-state index in [0.717, 1.165) is 32.1 Å². The van der Waals surface area contributed by atoms with Crippen molar-refractivity contribution in [3.05, 3.63) is 12.2 Å². The quantitative estimate of drug-likeness (QED) is 0.228. The molecule has 166 valence electrons. The second kappa shape index (κ2) is 16.5. The first-order chi connectivity index (χ1) is 13.7. The Morgan fingerprint density at radius 1 is 1.17 bits per heavy atom. The fourth-order valence-corrected chi connectivity index (χ4v) is 3.09. The number of hydrogen-bond acceptors (Lipinski definition) is 5. The number of amides is 2. The van der Waals surface area contributed by atoms with Gasteiger partial charge >= 0.3 is 35.5 Å². The van der Waals surface area contributed by atoms with Crippen molar-refractivity contribution in [3.63, 3.8) is 0 Å². The maximum Gasteiger partial charge on any atom is 1.00 e. The number of nitrogens with zero attached hydrogens (tertiary/aromatic N) is 1. The number of hydrogen-bond donors (Lipinski definition) is 1. The molecule has 0 aromatic rings. The summed E-state index contributed by atoms with van der Waals surface area (Å²) in [6.07, 6.45) is 9.01. The Kier molecular flexibility index (Phi) is 17.1. The van der Waals surface area contributed by atoms with Gasteiger partial charge in [0.25, 0.3) is 5.91 Å². The van der Waals surface area contributed by atoms with Gasteiger partial charge in [-0.05, 0) is 31.6 Å². The molecule has 8 heteroatoms. The molecular weight excluding hydrogens is 395 g/mol. The molecule has 1 rings (SSSR count). The van der Waals surface area contributed by atoms with Gasteiger partial charge in [0.05, 0.1) is 11.9 Å². The minimum atomic E-state index is -1.15. The number of nitrogens with one attached hydrogen (secondary N) is 1. The van der Waals surface area contributed by atoms with Gasteiger partial charge in [-0.3, -0.25) is 14.4 Å². The zero-order valence-corrected chi connectivity index (χ0v) is 21.7. The molecule has 0 fully saturated rings. The summed E-state index contributed by atoms with van der Waals surface area (Å²) >= 11 is 0. The molecule has 0 aliphatic carbocycles. The van der Waals surface area contributed by atoms with E-state index < -0.39 is 23.3 Å². The van der Waals surface area contributed by atoms with E-state index in [2.05, 4.69) is 17.2 Å².